The van der Waals surface area contributed by atoms with Gasteiger partial charge in [0.2, 0.25) is 5.91 Å². The molecule has 0 aliphatic carbocycles. The largest absolute Gasteiger partial charge is 0.398 e. The molecule has 0 saturated heterocycles. The molecule has 0 fully saturated rings. The first kappa shape index (κ1) is 15.8. The third-order valence-electron chi connectivity index (χ3n) is 4.14. The van der Waals surface area contributed by atoms with Crippen molar-refractivity contribution in [1.29, 1.82) is 0 Å². The molecule has 0 spiro atoms. The lowest BCUT2D eigenvalue weighted by Gasteiger charge is -2.35. The molecule has 0 bridgehead atoms. The molecule has 1 amide bonds. The summed E-state index contributed by atoms with van der Waals surface area (Å²) in [5.74, 6) is 0.215. The van der Waals surface area contributed by atoms with Gasteiger partial charge in [-0.05, 0) is 51.3 Å². The van der Waals surface area contributed by atoms with Gasteiger partial charge in [0.05, 0.1) is 6.54 Å². The van der Waals surface area contributed by atoms with Crippen LogP contribution in [0.3, 0.4) is 0 Å². The van der Waals surface area contributed by atoms with Crippen molar-refractivity contribution in [3.05, 3.63) is 29.3 Å². The summed E-state index contributed by atoms with van der Waals surface area (Å²) in [5, 5.41) is 0. The minimum Gasteiger partial charge on any atom is -0.398 e. The van der Waals surface area contributed by atoms with Crippen molar-refractivity contribution in [2.24, 2.45) is 0 Å². The van der Waals surface area contributed by atoms with E-state index in [9.17, 15) is 4.79 Å². The maximum atomic E-state index is 12.5. The molecule has 0 aromatic heterocycles. The van der Waals surface area contributed by atoms with Crippen molar-refractivity contribution in [1.82, 2.24) is 9.80 Å². The number of nitrogens with zero attached hydrogens (tertiary/aromatic N) is 2. The zero-order valence-electron chi connectivity index (χ0n) is 13.6. The molecule has 4 nitrogen and oxygen atoms in total. The lowest BCUT2D eigenvalue weighted by atomic mass is 9.98. The van der Waals surface area contributed by atoms with Gasteiger partial charge in [0.25, 0.3) is 0 Å². The highest BCUT2D eigenvalue weighted by Gasteiger charge is 2.24. The molecule has 1 aliphatic rings. The van der Waals surface area contributed by atoms with Crippen LogP contribution in [-0.4, -0.2) is 40.9 Å². The summed E-state index contributed by atoms with van der Waals surface area (Å²) in [5.41, 5.74) is 9.42. The fourth-order valence-electron chi connectivity index (χ4n) is 3.28. The van der Waals surface area contributed by atoms with E-state index in [1.165, 1.54) is 11.1 Å². The Hall–Kier alpha value is -1.55. The van der Waals surface area contributed by atoms with Crippen LogP contribution in [0.4, 0.5) is 5.69 Å². The van der Waals surface area contributed by atoms with Crippen LogP contribution in [0, 0.1) is 0 Å². The molecule has 21 heavy (non-hydrogen) atoms. The molecule has 1 aromatic carbocycles. The Morgan fingerprint density at radius 1 is 1.29 bits per heavy atom. The average Bonchev–Trinajstić information content (AvgIpc) is 2.37. The smallest absolute Gasteiger partial charge is 0.237 e. The highest BCUT2D eigenvalue weighted by molar-refractivity contribution is 5.79. The third kappa shape index (κ3) is 3.56. The van der Waals surface area contributed by atoms with Crippen LogP contribution in [0.15, 0.2) is 18.2 Å². The highest BCUT2D eigenvalue weighted by atomic mass is 16.2. The monoisotopic (exact) mass is 289 g/mol. The summed E-state index contributed by atoms with van der Waals surface area (Å²) in [6, 6.07) is 6.55. The Bertz CT molecular complexity index is 503. The number of hydrogen-bond acceptors (Lipinski definition) is 3. The fraction of sp³-hybridized carbons (Fsp3) is 0.588. The van der Waals surface area contributed by atoms with Crippen molar-refractivity contribution in [3.8, 4) is 0 Å². The summed E-state index contributed by atoms with van der Waals surface area (Å²) in [6.45, 7) is 10.5. The zero-order valence-corrected chi connectivity index (χ0v) is 13.6. The molecule has 4 heteroatoms. The van der Waals surface area contributed by atoms with E-state index in [1.807, 2.05) is 17.0 Å². The van der Waals surface area contributed by atoms with Crippen LogP contribution >= 0.6 is 0 Å². The Labute approximate surface area is 127 Å². The van der Waals surface area contributed by atoms with Gasteiger partial charge in [-0.1, -0.05) is 12.1 Å². The summed E-state index contributed by atoms with van der Waals surface area (Å²) in [4.78, 5) is 16.7. The molecule has 0 unspecified atom stereocenters. The minimum absolute atomic E-state index is 0.215. The molecule has 1 heterocycles. The van der Waals surface area contributed by atoms with Crippen LogP contribution in [-0.2, 0) is 17.8 Å². The SMILES string of the molecule is CC(C)N(C(=O)CN1CCc2c(N)cccc2C1)C(C)C. The lowest BCUT2D eigenvalue weighted by molar-refractivity contribution is -0.136. The fourth-order valence-corrected chi connectivity index (χ4v) is 3.28. The number of carbonyl (C=O) groups excluding carboxylic acids is 1. The highest BCUT2D eigenvalue weighted by Crippen LogP contribution is 2.24. The van der Waals surface area contributed by atoms with Crippen LogP contribution in [0.25, 0.3) is 0 Å². The number of nitrogens with two attached hydrogens (primary N) is 1. The van der Waals surface area contributed by atoms with Crippen LogP contribution < -0.4 is 5.73 Å². The summed E-state index contributed by atoms with van der Waals surface area (Å²) >= 11 is 0. The van der Waals surface area contributed by atoms with Gasteiger partial charge < -0.3 is 10.6 Å². The van der Waals surface area contributed by atoms with Gasteiger partial charge in [0.15, 0.2) is 0 Å². The first-order valence-corrected chi connectivity index (χ1v) is 7.80. The van der Waals surface area contributed by atoms with Gasteiger partial charge in [0.1, 0.15) is 0 Å². The number of rotatable bonds is 4. The van der Waals surface area contributed by atoms with E-state index in [4.69, 9.17) is 5.73 Å². The number of fused-ring (bicyclic) bond motifs is 1. The molecular formula is C17H27N3O. The maximum absolute atomic E-state index is 12.5. The number of amides is 1. The van der Waals surface area contributed by atoms with E-state index in [1.54, 1.807) is 0 Å². The van der Waals surface area contributed by atoms with E-state index < -0.39 is 0 Å². The summed E-state index contributed by atoms with van der Waals surface area (Å²) < 4.78 is 0. The van der Waals surface area contributed by atoms with Crippen molar-refractivity contribution in [2.45, 2.75) is 52.7 Å². The quantitative estimate of drug-likeness (QED) is 0.865. The molecule has 0 atom stereocenters. The number of nitrogen functional groups attached to an aromatic ring is 1. The second kappa shape index (κ2) is 6.48. The molecule has 0 saturated carbocycles. The number of carbonyl (C=O) groups is 1. The molecule has 0 radical (unpaired) electrons. The van der Waals surface area contributed by atoms with Gasteiger partial charge in [-0.2, -0.15) is 0 Å². The van der Waals surface area contributed by atoms with Gasteiger partial charge >= 0.3 is 0 Å². The first-order valence-electron chi connectivity index (χ1n) is 7.80. The Kier molecular flexibility index (Phi) is 4.88. The standard InChI is InChI=1S/C17H27N3O/c1-12(2)20(13(3)4)17(21)11-19-9-8-15-14(10-19)6-5-7-16(15)18/h5-7,12-13H,8-11,18H2,1-4H3. The Morgan fingerprint density at radius 3 is 2.57 bits per heavy atom. The van der Waals surface area contributed by atoms with Crippen molar-refractivity contribution in [2.75, 3.05) is 18.8 Å². The molecule has 2 N–H and O–H groups in total. The van der Waals surface area contributed by atoms with Crippen molar-refractivity contribution in [3.63, 3.8) is 0 Å². The molecule has 1 aromatic rings. The predicted molar refractivity (Wildman–Crippen MR) is 87.0 cm³/mol. The van der Waals surface area contributed by atoms with Crippen molar-refractivity contribution >= 4 is 11.6 Å². The van der Waals surface area contributed by atoms with Gasteiger partial charge in [-0.3, -0.25) is 9.69 Å². The first-order chi connectivity index (χ1) is 9.90. The van der Waals surface area contributed by atoms with E-state index in [2.05, 4.69) is 38.7 Å². The number of hydrogen-bond donors (Lipinski definition) is 1. The lowest BCUT2D eigenvalue weighted by Crippen LogP contribution is -2.48. The van der Waals surface area contributed by atoms with Crippen LogP contribution in [0.5, 0.6) is 0 Å². The average molecular weight is 289 g/mol. The van der Waals surface area contributed by atoms with Crippen molar-refractivity contribution < 1.29 is 4.79 Å². The molecule has 2 rings (SSSR count). The Balaban J connectivity index is 2.04. The predicted octanol–water partition coefficient (Wildman–Crippen LogP) is 2.27. The number of anilines is 1. The van der Waals surface area contributed by atoms with Gasteiger partial charge in [0, 0.05) is 30.9 Å². The topological polar surface area (TPSA) is 49.6 Å². The van der Waals surface area contributed by atoms with E-state index >= 15 is 0 Å². The summed E-state index contributed by atoms with van der Waals surface area (Å²) in [6.07, 6.45) is 0.929. The molecular weight excluding hydrogens is 262 g/mol. The van der Waals surface area contributed by atoms with E-state index in [0.29, 0.717) is 6.54 Å². The molecule has 116 valence electrons. The van der Waals surface area contributed by atoms with Crippen LogP contribution in [0.2, 0.25) is 0 Å². The summed E-state index contributed by atoms with van der Waals surface area (Å²) in [7, 11) is 0. The normalized spacial score (nSPS) is 15.3. The van der Waals surface area contributed by atoms with Gasteiger partial charge in [-0.15, -0.1) is 0 Å². The van der Waals surface area contributed by atoms with Crippen LogP contribution in [0.1, 0.15) is 38.8 Å². The minimum atomic E-state index is 0.215. The van der Waals surface area contributed by atoms with Gasteiger partial charge in [-0.25, -0.2) is 0 Å². The second-order valence-corrected chi connectivity index (χ2v) is 6.43. The van der Waals surface area contributed by atoms with E-state index in [-0.39, 0.29) is 18.0 Å². The van der Waals surface area contributed by atoms with E-state index in [0.717, 1.165) is 25.2 Å². The maximum Gasteiger partial charge on any atom is 0.237 e. The number of benzene rings is 1. The third-order valence-corrected chi connectivity index (χ3v) is 4.14. The Morgan fingerprint density at radius 2 is 1.95 bits per heavy atom. The molecule has 1 aliphatic heterocycles. The second-order valence-electron chi connectivity index (χ2n) is 6.43. The zero-order chi connectivity index (χ0) is 15.6.